The second-order valence-electron chi connectivity index (χ2n) is 6.40. The summed E-state index contributed by atoms with van der Waals surface area (Å²) >= 11 is 0. The molecule has 0 radical (unpaired) electrons. The molecule has 2 aromatic carbocycles. The minimum absolute atomic E-state index is 0.398. The Balaban J connectivity index is 1.84. The molecule has 24 heavy (non-hydrogen) atoms. The van der Waals surface area contributed by atoms with Crippen molar-refractivity contribution in [1.29, 1.82) is 0 Å². The van der Waals surface area contributed by atoms with Gasteiger partial charge in [0.1, 0.15) is 0 Å². The summed E-state index contributed by atoms with van der Waals surface area (Å²) in [6.45, 7) is 0.639. The number of fused-ring (bicyclic) bond motifs is 1. The van der Waals surface area contributed by atoms with E-state index in [-0.39, 0.29) is 0 Å². The molecule has 0 aromatic heterocycles. The molecule has 0 amide bonds. The van der Waals surface area contributed by atoms with Crippen LogP contribution in [0.4, 0.5) is 0 Å². The quantitative estimate of drug-likeness (QED) is 0.894. The second kappa shape index (κ2) is 6.23. The molecule has 0 fully saturated rings. The van der Waals surface area contributed by atoms with Crippen LogP contribution in [0.3, 0.4) is 0 Å². The third-order valence-electron chi connectivity index (χ3n) is 4.80. The molecule has 0 spiro atoms. The first kappa shape index (κ1) is 15.1. The second-order valence-corrected chi connectivity index (χ2v) is 6.40. The third-order valence-corrected chi connectivity index (χ3v) is 4.80. The summed E-state index contributed by atoms with van der Waals surface area (Å²) in [6, 6.07) is 14.8. The number of benzene rings is 2. The number of hydrogen-bond donors (Lipinski definition) is 2. The molecule has 0 bridgehead atoms. The van der Waals surface area contributed by atoms with Crippen molar-refractivity contribution in [2.24, 2.45) is 5.73 Å². The average Bonchev–Trinajstić information content (AvgIpc) is 2.92. The van der Waals surface area contributed by atoms with E-state index in [9.17, 15) is 5.11 Å². The molecule has 0 heterocycles. The maximum Gasteiger partial charge on any atom is 0.0764 e. The van der Waals surface area contributed by atoms with Crippen LogP contribution in [0.1, 0.15) is 18.4 Å². The van der Waals surface area contributed by atoms with Gasteiger partial charge >= 0.3 is 0 Å². The standard InChI is InChI=1S/C22H21NO/c23-11-10-17-13-18(22-14-19(24)8-9-21(17)22)12-16-6-3-5-15-4-1-2-7-20(15)16/h1-9,12-13,19,24H,10-11,14,23H2/b18-12+. The molecule has 1 atom stereocenters. The van der Waals surface area contributed by atoms with Crippen LogP contribution in [-0.2, 0) is 0 Å². The van der Waals surface area contributed by atoms with Crippen molar-refractivity contribution in [2.75, 3.05) is 6.54 Å². The Kier molecular flexibility index (Phi) is 3.93. The molecular weight excluding hydrogens is 294 g/mol. The first-order valence-corrected chi connectivity index (χ1v) is 8.46. The van der Waals surface area contributed by atoms with Gasteiger partial charge in [-0.25, -0.2) is 0 Å². The molecule has 0 aliphatic heterocycles. The van der Waals surface area contributed by atoms with Gasteiger partial charge in [-0.15, -0.1) is 0 Å². The van der Waals surface area contributed by atoms with Crippen molar-refractivity contribution in [2.45, 2.75) is 18.9 Å². The normalized spacial score (nSPS) is 21.5. The van der Waals surface area contributed by atoms with Gasteiger partial charge in [-0.2, -0.15) is 0 Å². The van der Waals surface area contributed by atoms with Gasteiger partial charge in [0.2, 0.25) is 0 Å². The smallest absolute Gasteiger partial charge is 0.0764 e. The Bertz CT molecular complexity index is 909. The minimum atomic E-state index is -0.398. The van der Waals surface area contributed by atoms with Crippen LogP contribution < -0.4 is 5.73 Å². The van der Waals surface area contributed by atoms with Crippen molar-refractivity contribution in [3.05, 3.63) is 88.5 Å². The first-order chi connectivity index (χ1) is 11.8. The zero-order chi connectivity index (χ0) is 16.5. The third kappa shape index (κ3) is 2.64. The van der Waals surface area contributed by atoms with Crippen LogP contribution in [0.25, 0.3) is 16.8 Å². The zero-order valence-electron chi connectivity index (χ0n) is 13.6. The van der Waals surface area contributed by atoms with Gasteiger partial charge in [0, 0.05) is 6.42 Å². The topological polar surface area (TPSA) is 46.2 Å². The highest BCUT2D eigenvalue weighted by molar-refractivity contribution is 5.92. The van der Waals surface area contributed by atoms with E-state index < -0.39 is 6.10 Å². The lowest BCUT2D eigenvalue weighted by molar-refractivity contribution is 0.222. The summed E-state index contributed by atoms with van der Waals surface area (Å²) in [5.74, 6) is 0. The molecule has 2 aliphatic carbocycles. The predicted octanol–water partition coefficient (Wildman–Crippen LogP) is 4.13. The number of aliphatic hydroxyl groups excluding tert-OH is 1. The molecule has 0 saturated heterocycles. The largest absolute Gasteiger partial charge is 0.389 e. The number of hydrogen-bond acceptors (Lipinski definition) is 2. The fourth-order valence-electron chi connectivity index (χ4n) is 3.66. The van der Waals surface area contributed by atoms with E-state index in [2.05, 4.69) is 60.7 Å². The van der Waals surface area contributed by atoms with Crippen molar-refractivity contribution in [3.8, 4) is 0 Å². The van der Waals surface area contributed by atoms with Gasteiger partial charge in [0.05, 0.1) is 6.10 Å². The summed E-state index contributed by atoms with van der Waals surface area (Å²) in [7, 11) is 0. The van der Waals surface area contributed by atoms with E-state index in [1.807, 2.05) is 6.08 Å². The lowest BCUT2D eigenvalue weighted by Gasteiger charge is -2.16. The van der Waals surface area contributed by atoms with Gasteiger partial charge in [-0.05, 0) is 57.7 Å². The van der Waals surface area contributed by atoms with E-state index in [0.29, 0.717) is 13.0 Å². The first-order valence-electron chi connectivity index (χ1n) is 8.46. The van der Waals surface area contributed by atoms with Gasteiger partial charge in [0.15, 0.2) is 0 Å². The van der Waals surface area contributed by atoms with Crippen LogP contribution in [-0.4, -0.2) is 17.8 Å². The number of nitrogens with two attached hydrogens (primary N) is 1. The average molecular weight is 315 g/mol. The molecule has 1 unspecified atom stereocenters. The zero-order valence-corrected chi connectivity index (χ0v) is 13.6. The summed E-state index contributed by atoms with van der Waals surface area (Å²) in [6.07, 6.45) is 9.55. The van der Waals surface area contributed by atoms with Crippen molar-refractivity contribution < 1.29 is 5.11 Å². The molecule has 3 N–H and O–H groups in total. The Morgan fingerprint density at radius 2 is 1.96 bits per heavy atom. The van der Waals surface area contributed by atoms with Crippen LogP contribution in [0.5, 0.6) is 0 Å². The highest BCUT2D eigenvalue weighted by atomic mass is 16.3. The molecule has 0 saturated carbocycles. The Labute approximate surface area is 142 Å². The van der Waals surface area contributed by atoms with Gasteiger partial charge < -0.3 is 10.8 Å². The van der Waals surface area contributed by atoms with E-state index in [4.69, 9.17) is 5.73 Å². The lowest BCUT2D eigenvalue weighted by Crippen LogP contribution is -2.09. The lowest BCUT2D eigenvalue weighted by atomic mass is 9.91. The van der Waals surface area contributed by atoms with Crippen LogP contribution in [0, 0.1) is 0 Å². The van der Waals surface area contributed by atoms with E-state index in [1.165, 1.54) is 38.6 Å². The number of allylic oxidation sites excluding steroid dienone is 4. The summed E-state index contributed by atoms with van der Waals surface area (Å²) in [5, 5.41) is 12.5. The Morgan fingerprint density at radius 3 is 2.83 bits per heavy atom. The fraction of sp³-hybridized carbons (Fsp3) is 0.182. The van der Waals surface area contributed by atoms with E-state index >= 15 is 0 Å². The fourth-order valence-corrected chi connectivity index (χ4v) is 3.66. The summed E-state index contributed by atoms with van der Waals surface area (Å²) in [5.41, 5.74) is 12.0. The minimum Gasteiger partial charge on any atom is -0.389 e. The summed E-state index contributed by atoms with van der Waals surface area (Å²) < 4.78 is 0. The van der Waals surface area contributed by atoms with Crippen molar-refractivity contribution in [1.82, 2.24) is 0 Å². The predicted molar refractivity (Wildman–Crippen MR) is 100 cm³/mol. The van der Waals surface area contributed by atoms with Crippen molar-refractivity contribution >= 4 is 16.8 Å². The molecule has 120 valence electrons. The van der Waals surface area contributed by atoms with Crippen LogP contribution >= 0.6 is 0 Å². The monoisotopic (exact) mass is 315 g/mol. The molecule has 2 aliphatic rings. The van der Waals surface area contributed by atoms with E-state index in [0.717, 1.165) is 6.42 Å². The number of aliphatic hydroxyl groups is 1. The van der Waals surface area contributed by atoms with Gasteiger partial charge in [0.25, 0.3) is 0 Å². The van der Waals surface area contributed by atoms with Crippen LogP contribution in [0.15, 0.2) is 83.0 Å². The highest BCUT2D eigenvalue weighted by Crippen LogP contribution is 2.39. The van der Waals surface area contributed by atoms with Crippen molar-refractivity contribution in [3.63, 3.8) is 0 Å². The van der Waals surface area contributed by atoms with Gasteiger partial charge in [-0.3, -0.25) is 0 Å². The maximum absolute atomic E-state index is 10.0. The Hall–Kier alpha value is -2.42. The molecule has 2 nitrogen and oxygen atoms in total. The van der Waals surface area contributed by atoms with Gasteiger partial charge in [-0.1, -0.05) is 60.7 Å². The molecule has 2 aromatic rings. The Morgan fingerprint density at radius 1 is 1.12 bits per heavy atom. The molecular formula is C22H21NO. The maximum atomic E-state index is 10.0. The summed E-state index contributed by atoms with van der Waals surface area (Å²) in [4.78, 5) is 0. The number of rotatable bonds is 3. The van der Waals surface area contributed by atoms with E-state index in [1.54, 1.807) is 0 Å². The highest BCUT2D eigenvalue weighted by Gasteiger charge is 2.24. The van der Waals surface area contributed by atoms with Crippen LogP contribution in [0.2, 0.25) is 0 Å². The SMILES string of the molecule is NCCC1=C/C(=C\c2cccc3ccccc23)C2=C1C=CC(O)C2. The molecule has 4 rings (SSSR count). The molecule has 2 heteroatoms.